The summed E-state index contributed by atoms with van der Waals surface area (Å²) in [5.41, 5.74) is 1.07. The van der Waals surface area contributed by atoms with Gasteiger partial charge in [0.2, 0.25) is 5.88 Å². The quantitative estimate of drug-likeness (QED) is 0.779. The van der Waals surface area contributed by atoms with E-state index in [0.29, 0.717) is 11.8 Å². The van der Waals surface area contributed by atoms with Crippen molar-refractivity contribution in [2.45, 2.75) is 18.8 Å². The monoisotopic (exact) mass is 228 g/mol. The van der Waals surface area contributed by atoms with Crippen LogP contribution in [0, 0.1) is 0 Å². The van der Waals surface area contributed by atoms with E-state index >= 15 is 0 Å². The van der Waals surface area contributed by atoms with Gasteiger partial charge in [-0.15, -0.1) is 5.10 Å². The van der Waals surface area contributed by atoms with Crippen LogP contribution in [-0.4, -0.2) is 17.3 Å². The molecule has 1 fully saturated rings. The fourth-order valence-corrected chi connectivity index (χ4v) is 1.56. The number of hydrogen-bond donors (Lipinski definition) is 0. The normalized spacial score (nSPS) is 16.2. The van der Waals surface area contributed by atoms with Gasteiger partial charge in [-0.1, -0.05) is 0 Å². The first kappa shape index (κ1) is 7.98. The zero-order valence-electron chi connectivity index (χ0n) is 6.75. The van der Waals surface area contributed by atoms with Crippen molar-refractivity contribution < 1.29 is 4.74 Å². The molecule has 0 aliphatic heterocycles. The fourth-order valence-electron chi connectivity index (χ4n) is 1.09. The van der Waals surface area contributed by atoms with Crippen molar-refractivity contribution in [1.82, 2.24) is 10.2 Å². The highest BCUT2D eigenvalue weighted by molar-refractivity contribution is 9.10. The van der Waals surface area contributed by atoms with Crippen LogP contribution in [0.4, 0.5) is 0 Å². The molecule has 0 aromatic carbocycles. The van der Waals surface area contributed by atoms with Crippen molar-refractivity contribution in [3.8, 4) is 5.88 Å². The summed E-state index contributed by atoms with van der Waals surface area (Å²) >= 11 is 3.38. The average molecular weight is 229 g/mol. The molecular formula is C8H9BrN2O. The van der Waals surface area contributed by atoms with Crippen LogP contribution >= 0.6 is 15.9 Å². The van der Waals surface area contributed by atoms with Crippen LogP contribution in [0.25, 0.3) is 0 Å². The molecule has 1 aliphatic carbocycles. The predicted octanol–water partition coefficient (Wildman–Crippen LogP) is 2.13. The van der Waals surface area contributed by atoms with Crippen LogP contribution in [0.15, 0.2) is 10.5 Å². The van der Waals surface area contributed by atoms with Crippen molar-refractivity contribution in [1.29, 1.82) is 0 Å². The molecular weight excluding hydrogens is 220 g/mol. The van der Waals surface area contributed by atoms with Crippen LogP contribution in [0.1, 0.15) is 24.5 Å². The summed E-state index contributed by atoms with van der Waals surface area (Å²) in [6.07, 6.45) is 2.49. The molecule has 1 saturated carbocycles. The van der Waals surface area contributed by atoms with Gasteiger partial charge < -0.3 is 4.74 Å². The van der Waals surface area contributed by atoms with Crippen LogP contribution in [0.3, 0.4) is 0 Å². The predicted molar refractivity (Wildman–Crippen MR) is 48.3 cm³/mol. The molecule has 64 valence electrons. The molecule has 12 heavy (non-hydrogen) atoms. The van der Waals surface area contributed by atoms with Crippen LogP contribution in [0.2, 0.25) is 0 Å². The molecule has 0 saturated heterocycles. The van der Waals surface area contributed by atoms with Gasteiger partial charge in [-0.3, -0.25) is 0 Å². The van der Waals surface area contributed by atoms with E-state index < -0.39 is 0 Å². The molecule has 0 bridgehead atoms. The Labute approximate surface area is 79.3 Å². The maximum atomic E-state index is 4.98. The number of aromatic nitrogens is 2. The molecule has 0 radical (unpaired) electrons. The van der Waals surface area contributed by atoms with E-state index in [0.717, 1.165) is 10.2 Å². The Morgan fingerprint density at radius 1 is 1.50 bits per heavy atom. The molecule has 4 heteroatoms. The first-order chi connectivity index (χ1) is 5.81. The van der Waals surface area contributed by atoms with Crippen LogP contribution < -0.4 is 4.74 Å². The summed E-state index contributed by atoms with van der Waals surface area (Å²) < 4.78 is 5.87. The molecule has 1 aliphatic rings. The van der Waals surface area contributed by atoms with Crippen molar-refractivity contribution in [2.75, 3.05) is 7.11 Å². The largest absolute Gasteiger partial charge is 0.479 e. The Bertz CT molecular complexity index is 299. The molecule has 0 N–H and O–H groups in total. The second-order valence-electron chi connectivity index (χ2n) is 2.90. The van der Waals surface area contributed by atoms with Gasteiger partial charge >= 0.3 is 0 Å². The van der Waals surface area contributed by atoms with E-state index in [2.05, 4.69) is 26.1 Å². The molecule has 1 aromatic rings. The molecule has 1 aromatic heterocycles. The molecule has 1 heterocycles. The third-order valence-electron chi connectivity index (χ3n) is 1.92. The number of methoxy groups -OCH3 is 1. The lowest BCUT2D eigenvalue weighted by Gasteiger charge is -2.01. The SMILES string of the molecule is COc1nnc(C2CC2)cc1Br. The van der Waals surface area contributed by atoms with Crippen molar-refractivity contribution in [3.63, 3.8) is 0 Å². The van der Waals surface area contributed by atoms with Gasteiger partial charge in [0.25, 0.3) is 0 Å². The molecule has 0 unspecified atom stereocenters. The Balaban J connectivity index is 2.30. The zero-order chi connectivity index (χ0) is 8.55. The average Bonchev–Trinajstić information content (AvgIpc) is 2.86. The maximum absolute atomic E-state index is 4.98. The minimum Gasteiger partial charge on any atom is -0.479 e. The third kappa shape index (κ3) is 1.43. The van der Waals surface area contributed by atoms with Crippen molar-refractivity contribution in [3.05, 3.63) is 16.2 Å². The number of ether oxygens (including phenoxy) is 1. The molecule has 2 rings (SSSR count). The summed E-state index contributed by atoms with van der Waals surface area (Å²) in [4.78, 5) is 0. The Kier molecular flexibility index (Phi) is 2.00. The highest BCUT2D eigenvalue weighted by Crippen LogP contribution is 2.40. The van der Waals surface area contributed by atoms with Gasteiger partial charge in [-0.25, -0.2) is 0 Å². The second-order valence-corrected chi connectivity index (χ2v) is 3.76. The molecule has 3 nitrogen and oxygen atoms in total. The van der Waals surface area contributed by atoms with Gasteiger partial charge in [0, 0.05) is 5.92 Å². The molecule has 0 spiro atoms. The van der Waals surface area contributed by atoms with E-state index in [9.17, 15) is 0 Å². The second kappa shape index (κ2) is 3.01. The Morgan fingerprint density at radius 2 is 2.25 bits per heavy atom. The standard InChI is InChI=1S/C8H9BrN2O/c1-12-8-6(9)4-7(10-11-8)5-2-3-5/h4-5H,2-3H2,1H3. The van der Waals surface area contributed by atoms with E-state index in [1.54, 1.807) is 7.11 Å². The van der Waals surface area contributed by atoms with E-state index in [1.807, 2.05) is 6.07 Å². The number of hydrogen-bond acceptors (Lipinski definition) is 3. The summed E-state index contributed by atoms with van der Waals surface area (Å²) in [5.74, 6) is 1.19. The van der Waals surface area contributed by atoms with E-state index in [4.69, 9.17) is 4.74 Å². The summed E-state index contributed by atoms with van der Waals surface area (Å²) in [5, 5.41) is 8.01. The minimum absolute atomic E-state index is 0.555. The lowest BCUT2D eigenvalue weighted by atomic mass is 10.3. The summed E-state index contributed by atoms with van der Waals surface area (Å²) in [7, 11) is 1.59. The maximum Gasteiger partial charge on any atom is 0.247 e. The van der Waals surface area contributed by atoms with E-state index in [1.165, 1.54) is 12.8 Å². The number of nitrogens with zero attached hydrogens (tertiary/aromatic N) is 2. The van der Waals surface area contributed by atoms with Crippen LogP contribution in [-0.2, 0) is 0 Å². The van der Waals surface area contributed by atoms with Crippen molar-refractivity contribution >= 4 is 15.9 Å². The Morgan fingerprint density at radius 3 is 2.75 bits per heavy atom. The van der Waals surface area contributed by atoms with Gasteiger partial charge in [-0.05, 0) is 34.8 Å². The molecule has 0 atom stereocenters. The van der Waals surface area contributed by atoms with Gasteiger partial charge in [0.15, 0.2) is 0 Å². The summed E-state index contributed by atoms with van der Waals surface area (Å²) in [6.45, 7) is 0. The first-order valence-corrected chi connectivity index (χ1v) is 4.67. The number of rotatable bonds is 2. The van der Waals surface area contributed by atoms with Gasteiger partial charge in [0.1, 0.15) is 0 Å². The number of halogens is 1. The highest BCUT2D eigenvalue weighted by Gasteiger charge is 2.26. The Hall–Kier alpha value is -0.640. The summed E-state index contributed by atoms with van der Waals surface area (Å²) in [6, 6.07) is 1.99. The smallest absolute Gasteiger partial charge is 0.247 e. The van der Waals surface area contributed by atoms with Gasteiger partial charge in [-0.2, -0.15) is 5.10 Å². The fraction of sp³-hybridized carbons (Fsp3) is 0.500. The lowest BCUT2D eigenvalue weighted by Crippen LogP contribution is -1.95. The zero-order valence-corrected chi connectivity index (χ0v) is 8.34. The van der Waals surface area contributed by atoms with E-state index in [-0.39, 0.29) is 0 Å². The minimum atomic E-state index is 0.555. The first-order valence-electron chi connectivity index (χ1n) is 3.88. The topological polar surface area (TPSA) is 35.0 Å². The van der Waals surface area contributed by atoms with Gasteiger partial charge in [0.05, 0.1) is 17.3 Å². The van der Waals surface area contributed by atoms with Crippen LogP contribution in [0.5, 0.6) is 5.88 Å². The highest BCUT2D eigenvalue weighted by atomic mass is 79.9. The molecule has 0 amide bonds. The third-order valence-corrected chi connectivity index (χ3v) is 2.49. The van der Waals surface area contributed by atoms with Crippen molar-refractivity contribution in [2.24, 2.45) is 0 Å². The lowest BCUT2D eigenvalue weighted by molar-refractivity contribution is 0.388.